The van der Waals surface area contributed by atoms with Gasteiger partial charge in [0.05, 0.1) is 12.6 Å². The quantitative estimate of drug-likeness (QED) is 0.0569. The second-order valence-electron chi connectivity index (χ2n) is 11.8. The fraction of sp³-hybridized carbons (Fsp3) is 0.839. The molecule has 2 unspecified atom stereocenters. The lowest BCUT2D eigenvalue weighted by Crippen LogP contribution is -2.60. The monoisotopic (exact) mass is 599 g/mol. The van der Waals surface area contributed by atoms with Crippen LogP contribution in [0.25, 0.3) is 0 Å². The predicted octanol–water partition coefficient (Wildman–Crippen LogP) is 3.32. The second kappa shape index (κ2) is 18.6. The van der Waals surface area contributed by atoms with Crippen LogP contribution in [0, 0.1) is 5.92 Å². The van der Waals surface area contributed by atoms with Gasteiger partial charge in [-0.15, -0.1) is 0 Å². The summed E-state index contributed by atoms with van der Waals surface area (Å²) in [6.45, 7) is 4.60. The van der Waals surface area contributed by atoms with E-state index < -0.39 is 49.3 Å². The lowest BCUT2D eigenvalue weighted by Gasteiger charge is -2.41. The number of unbranched alkanes of at least 4 members (excludes halogenated alkanes) is 11. The van der Waals surface area contributed by atoms with Crippen LogP contribution < -0.4 is 0 Å². The van der Waals surface area contributed by atoms with Crippen molar-refractivity contribution in [1.82, 2.24) is 4.90 Å². The number of likely N-dealkylation sites (tertiary alicyclic amines) is 1. The zero-order chi connectivity index (χ0) is 31.2. The van der Waals surface area contributed by atoms with Crippen LogP contribution in [0.2, 0.25) is 0 Å². The highest BCUT2D eigenvalue weighted by Crippen LogP contribution is 2.27. The highest BCUT2D eigenvalue weighted by molar-refractivity contribution is 6.26. The van der Waals surface area contributed by atoms with E-state index in [2.05, 4.69) is 0 Å². The number of carbonyl (C=O) groups is 3. The second-order valence-corrected chi connectivity index (χ2v) is 11.8. The van der Waals surface area contributed by atoms with Crippen molar-refractivity contribution in [3.63, 3.8) is 0 Å². The van der Waals surface area contributed by atoms with Crippen molar-refractivity contribution in [1.29, 1.82) is 0 Å². The van der Waals surface area contributed by atoms with E-state index in [1.807, 2.05) is 6.92 Å². The van der Waals surface area contributed by atoms with Gasteiger partial charge >= 0.3 is 5.97 Å². The molecule has 0 aliphatic carbocycles. The molecule has 2 fully saturated rings. The summed E-state index contributed by atoms with van der Waals surface area (Å²) < 4.78 is 16.1. The van der Waals surface area contributed by atoms with E-state index in [1.165, 1.54) is 43.9 Å². The van der Waals surface area contributed by atoms with Gasteiger partial charge in [0.15, 0.2) is 18.2 Å². The van der Waals surface area contributed by atoms with Gasteiger partial charge in [0.1, 0.15) is 29.6 Å². The number of ketones is 1. The third-order valence-electron chi connectivity index (χ3n) is 8.40. The van der Waals surface area contributed by atoms with Crippen LogP contribution in [0.1, 0.15) is 104 Å². The highest BCUT2D eigenvalue weighted by Gasteiger charge is 2.47. The number of esters is 1. The number of hydrogen-bond donors (Lipinski definition) is 4. The van der Waals surface area contributed by atoms with Crippen LogP contribution in [-0.2, 0) is 28.6 Å². The minimum Gasteiger partial charge on any atom is -0.511 e. The smallest absolute Gasteiger partial charge is 0.303 e. The van der Waals surface area contributed by atoms with E-state index in [9.17, 15) is 34.8 Å². The first kappa shape index (κ1) is 36.1. The minimum absolute atomic E-state index is 0.0335. The fourth-order valence-electron chi connectivity index (χ4n) is 5.50. The molecule has 2 aliphatic rings. The predicted molar refractivity (Wildman–Crippen MR) is 155 cm³/mol. The van der Waals surface area contributed by atoms with Gasteiger partial charge < -0.3 is 39.5 Å². The molecule has 1 amide bonds. The van der Waals surface area contributed by atoms with Gasteiger partial charge in [0, 0.05) is 26.5 Å². The van der Waals surface area contributed by atoms with Gasteiger partial charge in [-0.05, 0) is 19.8 Å². The number of carbonyl (C=O) groups excluding carboxylic acids is 3. The van der Waals surface area contributed by atoms with E-state index in [0.717, 1.165) is 51.4 Å². The Labute approximate surface area is 250 Å². The Hall–Kier alpha value is -2.05. The summed E-state index contributed by atoms with van der Waals surface area (Å²) in [5, 5.41) is 40.4. The van der Waals surface area contributed by atoms with Crippen molar-refractivity contribution in [2.75, 3.05) is 20.3 Å². The molecule has 42 heavy (non-hydrogen) atoms. The number of allylic oxidation sites excluding steroid dienone is 1. The van der Waals surface area contributed by atoms with Crippen molar-refractivity contribution < 1.29 is 49.0 Å². The van der Waals surface area contributed by atoms with Gasteiger partial charge in [-0.2, -0.15) is 0 Å². The first-order chi connectivity index (χ1) is 20.0. The molecule has 11 nitrogen and oxygen atoms in total. The molecule has 2 aliphatic heterocycles. The molecule has 4 N–H and O–H groups in total. The van der Waals surface area contributed by atoms with E-state index in [4.69, 9.17) is 14.2 Å². The van der Waals surface area contributed by atoms with Gasteiger partial charge in [-0.3, -0.25) is 14.4 Å². The Bertz CT molecular complexity index is 871. The number of ether oxygens (including phenoxy) is 3. The molecule has 0 aromatic rings. The number of likely N-dealkylation sites (N-methyl/N-ethyl adjacent to an activating group) is 1. The third-order valence-corrected chi connectivity index (χ3v) is 8.40. The topological polar surface area (TPSA) is 163 Å². The molecule has 0 bridgehead atoms. The van der Waals surface area contributed by atoms with Gasteiger partial charge in [-0.25, -0.2) is 0 Å². The molecule has 0 aromatic carbocycles. The maximum absolute atomic E-state index is 12.3. The van der Waals surface area contributed by atoms with Crippen molar-refractivity contribution in [3.05, 3.63) is 11.3 Å². The molecule has 242 valence electrons. The average molecular weight is 600 g/mol. The normalized spacial score (nSPS) is 28.3. The standard InChI is InChI=1S/C31H53NO10/c1-20(25(35)24-26(36)21(2)32(4)30(24)39)17-15-13-11-9-7-5-6-8-10-12-14-16-18-40-31-28(38)29(41-22(3)34)27(37)23(19-33)42-31/h20-21,23,27-29,31,33,35,37-38H,5-19H2,1-4H3/b25-24-/t20?,21?,23-,27-,28+,29+,31-/m1/s1. The van der Waals surface area contributed by atoms with E-state index in [0.29, 0.717) is 6.61 Å². The van der Waals surface area contributed by atoms with Crippen molar-refractivity contribution in [2.24, 2.45) is 5.92 Å². The molecule has 7 atom stereocenters. The summed E-state index contributed by atoms with van der Waals surface area (Å²) in [5.74, 6) is -1.57. The van der Waals surface area contributed by atoms with Crippen LogP contribution in [0.4, 0.5) is 0 Å². The van der Waals surface area contributed by atoms with Crippen LogP contribution in [0.5, 0.6) is 0 Å². The van der Waals surface area contributed by atoms with E-state index in [1.54, 1.807) is 14.0 Å². The summed E-state index contributed by atoms with van der Waals surface area (Å²) in [4.78, 5) is 37.2. The molecule has 2 saturated heterocycles. The molecule has 2 heterocycles. The molecule has 2 rings (SSSR count). The molecule has 11 heteroatoms. The van der Waals surface area contributed by atoms with E-state index in [-0.39, 0.29) is 28.9 Å². The molecular formula is C31H53NO10. The SMILES string of the molecule is CC(=O)O[C@@H]1[C@H](O)[C@H](OCCCCCCCCCCCCCCC(C)/C(O)=C2\C(=O)C(C)N(C)C2=O)O[C@H](CO)[C@H]1O. The summed E-state index contributed by atoms with van der Waals surface area (Å²) in [6, 6.07) is -0.511. The maximum Gasteiger partial charge on any atom is 0.303 e. The molecular weight excluding hydrogens is 546 g/mol. The molecule has 0 saturated carbocycles. The van der Waals surface area contributed by atoms with Crippen LogP contribution in [0.15, 0.2) is 11.3 Å². The van der Waals surface area contributed by atoms with Gasteiger partial charge in [-0.1, -0.05) is 77.6 Å². The highest BCUT2D eigenvalue weighted by atomic mass is 16.7. The fourth-order valence-corrected chi connectivity index (χ4v) is 5.50. The summed E-state index contributed by atoms with van der Waals surface area (Å²) >= 11 is 0. The average Bonchev–Trinajstić information content (AvgIpc) is 3.15. The number of nitrogens with zero attached hydrogens (tertiary/aromatic N) is 1. The zero-order valence-electron chi connectivity index (χ0n) is 25.8. The van der Waals surface area contributed by atoms with Crippen molar-refractivity contribution in [3.8, 4) is 0 Å². The Morgan fingerprint density at radius 3 is 1.93 bits per heavy atom. The first-order valence-corrected chi connectivity index (χ1v) is 15.7. The number of aliphatic hydroxyl groups is 4. The zero-order valence-corrected chi connectivity index (χ0v) is 25.8. The summed E-state index contributed by atoms with van der Waals surface area (Å²) in [5.41, 5.74) is -0.0335. The Morgan fingerprint density at radius 2 is 1.45 bits per heavy atom. The Morgan fingerprint density at radius 1 is 0.929 bits per heavy atom. The van der Waals surface area contributed by atoms with Crippen LogP contribution in [-0.4, -0.2) is 100.0 Å². The number of hydrogen-bond acceptors (Lipinski definition) is 10. The van der Waals surface area contributed by atoms with E-state index >= 15 is 0 Å². The van der Waals surface area contributed by atoms with Gasteiger partial charge in [0.2, 0.25) is 0 Å². The molecule has 0 radical (unpaired) electrons. The summed E-state index contributed by atoms with van der Waals surface area (Å²) in [7, 11) is 1.59. The third kappa shape index (κ3) is 10.6. The Kier molecular flexibility index (Phi) is 16.0. The largest absolute Gasteiger partial charge is 0.511 e. The van der Waals surface area contributed by atoms with Crippen molar-refractivity contribution >= 4 is 17.7 Å². The van der Waals surface area contributed by atoms with Crippen LogP contribution in [0.3, 0.4) is 0 Å². The van der Waals surface area contributed by atoms with Gasteiger partial charge in [0.25, 0.3) is 5.91 Å². The maximum atomic E-state index is 12.3. The number of aliphatic hydroxyl groups excluding tert-OH is 4. The lowest BCUT2D eigenvalue weighted by atomic mass is 9.95. The van der Waals surface area contributed by atoms with Crippen LogP contribution >= 0.6 is 0 Å². The number of Topliss-reactive ketones (excluding diaryl/α,β-unsaturated/α-hetero) is 1. The summed E-state index contributed by atoms with van der Waals surface area (Å²) in [6.07, 6.45) is 7.92. The number of rotatable bonds is 19. The first-order valence-electron chi connectivity index (χ1n) is 15.7. The number of amides is 1. The Balaban J connectivity index is 1.45. The lowest BCUT2D eigenvalue weighted by molar-refractivity contribution is -0.303. The molecule has 0 spiro atoms. The van der Waals surface area contributed by atoms with Crippen molar-refractivity contribution in [2.45, 2.75) is 141 Å². The minimum atomic E-state index is -1.34. The molecule has 0 aromatic heterocycles.